The summed E-state index contributed by atoms with van der Waals surface area (Å²) in [6.45, 7) is 2.60. The van der Waals surface area contributed by atoms with E-state index in [4.69, 9.17) is 5.11 Å². The molecule has 0 aliphatic carbocycles. The van der Waals surface area contributed by atoms with Crippen LogP contribution >= 0.6 is 0 Å². The van der Waals surface area contributed by atoms with Crippen molar-refractivity contribution in [3.8, 4) is 0 Å². The smallest absolute Gasteiger partial charge is 0.304 e. The Morgan fingerprint density at radius 1 is 1.73 bits per heavy atom. The topological polar surface area (TPSA) is 61.4 Å². The van der Waals surface area contributed by atoms with Gasteiger partial charge in [0.2, 0.25) is 0 Å². The van der Waals surface area contributed by atoms with Gasteiger partial charge in [0, 0.05) is 19.1 Å². The highest BCUT2D eigenvalue weighted by Crippen LogP contribution is 1.96. The van der Waals surface area contributed by atoms with Gasteiger partial charge in [-0.25, -0.2) is 0 Å². The number of nitrogens with one attached hydrogen (secondary N) is 2. The van der Waals surface area contributed by atoms with E-state index in [1.54, 1.807) is 0 Å². The standard InChI is InChI=1S/C7H14N2O2/c10-7(11)2-4-9-6-1-3-8-5-6/h6,8-9H,1-5H2,(H,10,11). The summed E-state index contributed by atoms with van der Waals surface area (Å²) in [7, 11) is 0. The third kappa shape index (κ3) is 3.34. The van der Waals surface area contributed by atoms with Crippen molar-refractivity contribution in [3.63, 3.8) is 0 Å². The molecular formula is C7H14N2O2. The number of hydrogen-bond acceptors (Lipinski definition) is 3. The van der Waals surface area contributed by atoms with Crippen LogP contribution in [0.3, 0.4) is 0 Å². The molecule has 4 nitrogen and oxygen atoms in total. The number of carbonyl (C=O) groups is 1. The summed E-state index contributed by atoms with van der Waals surface area (Å²) in [6, 6.07) is 0.481. The van der Waals surface area contributed by atoms with Crippen LogP contribution in [-0.4, -0.2) is 36.8 Å². The summed E-state index contributed by atoms with van der Waals surface area (Å²) < 4.78 is 0. The van der Waals surface area contributed by atoms with Crippen LogP contribution < -0.4 is 10.6 Å². The molecule has 0 aromatic carbocycles. The Bertz CT molecular complexity index is 132. The van der Waals surface area contributed by atoms with Crippen LogP contribution in [0.4, 0.5) is 0 Å². The molecular weight excluding hydrogens is 144 g/mol. The molecule has 0 bridgehead atoms. The summed E-state index contributed by atoms with van der Waals surface area (Å²) in [6.07, 6.45) is 1.33. The molecule has 1 heterocycles. The van der Waals surface area contributed by atoms with Gasteiger partial charge < -0.3 is 15.7 Å². The van der Waals surface area contributed by atoms with Crippen LogP contribution in [0.5, 0.6) is 0 Å². The SMILES string of the molecule is O=C(O)CCNC1CCNC1. The van der Waals surface area contributed by atoms with E-state index in [1.807, 2.05) is 0 Å². The fourth-order valence-electron chi connectivity index (χ4n) is 1.21. The summed E-state index contributed by atoms with van der Waals surface area (Å²) in [4.78, 5) is 10.1. The van der Waals surface area contributed by atoms with Gasteiger partial charge in [-0.3, -0.25) is 4.79 Å². The fraction of sp³-hybridized carbons (Fsp3) is 0.857. The molecule has 11 heavy (non-hydrogen) atoms. The molecule has 0 saturated carbocycles. The van der Waals surface area contributed by atoms with E-state index < -0.39 is 5.97 Å². The third-order valence-corrected chi connectivity index (χ3v) is 1.83. The first-order chi connectivity index (χ1) is 5.29. The molecule has 0 aromatic heterocycles. The summed E-state index contributed by atoms with van der Waals surface area (Å²) in [5.41, 5.74) is 0. The van der Waals surface area contributed by atoms with Crippen LogP contribution in [0, 0.1) is 0 Å². The highest BCUT2D eigenvalue weighted by atomic mass is 16.4. The zero-order valence-corrected chi connectivity index (χ0v) is 6.47. The van der Waals surface area contributed by atoms with Crippen LogP contribution in [0.2, 0.25) is 0 Å². The number of carboxylic acids is 1. The molecule has 0 aromatic rings. The predicted molar refractivity (Wildman–Crippen MR) is 41.5 cm³/mol. The van der Waals surface area contributed by atoms with Gasteiger partial charge in [-0.1, -0.05) is 0 Å². The normalized spacial score (nSPS) is 23.8. The van der Waals surface area contributed by atoms with Crippen molar-refractivity contribution in [1.82, 2.24) is 10.6 Å². The summed E-state index contributed by atoms with van der Waals surface area (Å²) >= 11 is 0. The van der Waals surface area contributed by atoms with Gasteiger partial charge in [0.05, 0.1) is 6.42 Å². The summed E-state index contributed by atoms with van der Waals surface area (Å²) in [5.74, 6) is -0.733. The van der Waals surface area contributed by atoms with Crippen LogP contribution in [-0.2, 0) is 4.79 Å². The van der Waals surface area contributed by atoms with E-state index in [1.165, 1.54) is 0 Å². The highest BCUT2D eigenvalue weighted by Gasteiger charge is 2.12. The first kappa shape index (κ1) is 8.49. The minimum atomic E-state index is -0.733. The quantitative estimate of drug-likeness (QED) is 0.512. The molecule has 1 aliphatic heterocycles. The van der Waals surface area contributed by atoms with Gasteiger partial charge in [-0.05, 0) is 13.0 Å². The lowest BCUT2D eigenvalue weighted by Gasteiger charge is -2.08. The maximum Gasteiger partial charge on any atom is 0.304 e. The molecule has 0 radical (unpaired) electrons. The van der Waals surface area contributed by atoms with Crippen LogP contribution in [0.25, 0.3) is 0 Å². The maximum absolute atomic E-state index is 10.1. The number of aliphatic carboxylic acids is 1. The Morgan fingerprint density at radius 3 is 3.09 bits per heavy atom. The van der Waals surface area contributed by atoms with Crippen molar-refractivity contribution in [2.45, 2.75) is 18.9 Å². The predicted octanol–water partition coefficient (Wildman–Crippen LogP) is -0.587. The average molecular weight is 158 g/mol. The van der Waals surface area contributed by atoms with Crippen LogP contribution in [0.15, 0.2) is 0 Å². The van der Waals surface area contributed by atoms with Gasteiger partial charge in [0.1, 0.15) is 0 Å². The summed E-state index contributed by atoms with van der Waals surface area (Å²) in [5, 5.41) is 14.7. The molecule has 1 fully saturated rings. The molecule has 1 atom stereocenters. The van der Waals surface area contributed by atoms with E-state index >= 15 is 0 Å². The second-order valence-corrected chi connectivity index (χ2v) is 2.79. The van der Waals surface area contributed by atoms with E-state index in [0.29, 0.717) is 12.6 Å². The first-order valence-electron chi connectivity index (χ1n) is 3.95. The zero-order valence-electron chi connectivity index (χ0n) is 6.47. The molecule has 1 saturated heterocycles. The Kier molecular flexibility index (Phi) is 3.32. The molecule has 3 N–H and O–H groups in total. The van der Waals surface area contributed by atoms with Crippen molar-refractivity contribution < 1.29 is 9.90 Å². The third-order valence-electron chi connectivity index (χ3n) is 1.83. The van der Waals surface area contributed by atoms with Crippen molar-refractivity contribution in [3.05, 3.63) is 0 Å². The van der Waals surface area contributed by atoms with Gasteiger partial charge in [-0.2, -0.15) is 0 Å². The monoisotopic (exact) mass is 158 g/mol. The fourth-order valence-corrected chi connectivity index (χ4v) is 1.21. The number of rotatable bonds is 4. The van der Waals surface area contributed by atoms with Gasteiger partial charge in [0.15, 0.2) is 0 Å². The molecule has 0 spiro atoms. The lowest BCUT2D eigenvalue weighted by Crippen LogP contribution is -2.32. The van der Waals surface area contributed by atoms with Gasteiger partial charge in [0.25, 0.3) is 0 Å². The van der Waals surface area contributed by atoms with Crippen molar-refractivity contribution in [1.29, 1.82) is 0 Å². The van der Waals surface area contributed by atoms with E-state index in [9.17, 15) is 4.79 Å². The molecule has 1 aliphatic rings. The minimum absolute atomic E-state index is 0.219. The van der Waals surface area contributed by atoms with Crippen molar-refractivity contribution in [2.75, 3.05) is 19.6 Å². The largest absolute Gasteiger partial charge is 0.481 e. The van der Waals surface area contributed by atoms with E-state index in [-0.39, 0.29) is 6.42 Å². The zero-order chi connectivity index (χ0) is 8.10. The molecule has 4 heteroatoms. The van der Waals surface area contributed by atoms with E-state index in [0.717, 1.165) is 19.5 Å². The minimum Gasteiger partial charge on any atom is -0.481 e. The molecule has 1 unspecified atom stereocenters. The lowest BCUT2D eigenvalue weighted by molar-refractivity contribution is -0.136. The molecule has 0 amide bonds. The van der Waals surface area contributed by atoms with Gasteiger partial charge in [-0.15, -0.1) is 0 Å². The second-order valence-electron chi connectivity index (χ2n) is 2.79. The first-order valence-corrected chi connectivity index (χ1v) is 3.95. The Morgan fingerprint density at radius 2 is 2.55 bits per heavy atom. The van der Waals surface area contributed by atoms with Crippen molar-refractivity contribution >= 4 is 5.97 Å². The number of carboxylic acid groups (broad SMARTS) is 1. The number of hydrogen-bond donors (Lipinski definition) is 3. The highest BCUT2D eigenvalue weighted by molar-refractivity contribution is 5.66. The van der Waals surface area contributed by atoms with Crippen LogP contribution in [0.1, 0.15) is 12.8 Å². The Balaban J connectivity index is 1.98. The van der Waals surface area contributed by atoms with Crippen molar-refractivity contribution in [2.24, 2.45) is 0 Å². The maximum atomic E-state index is 10.1. The average Bonchev–Trinajstić information content (AvgIpc) is 2.39. The molecule has 1 rings (SSSR count). The Labute approximate surface area is 66.0 Å². The van der Waals surface area contributed by atoms with Gasteiger partial charge >= 0.3 is 5.97 Å². The second kappa shape index (κ2) is 4.31. The lowest BCUT2D eigenvalue weighted by atomic mass is 10.2. The molecule has 64 valence electrons. The Hall–Kier alpha value is -0.610. The van der Waals surface area contributed by atoms with E-state index in [2.05, 4.69) is 10.6 Å².